The number of hydrogen-bond donors (Lipinski definition) is 1. The first-order chi connectivity index (χ1) is 7.63. The van der Waals surface area contributed by atoms with Crippen molar-refractivity contribution in [2.24, 2.45) is 17.6 Å². The summed E-state index contributed by atoms with van der Waals surface area (Å²) >= 11 is 3.51. The summed E-state index contributed by atoms with van der Waals surface area (Å²) in [6.45, 7) is 7.42. The lowest BCUT2D eigenvalue weighted by Gasteiger charge is -2.25. The van der Waals surface area contributed by atoms with Crippen LogP contribution < -0.4 is 5.73 Å². The fourth-order valence-corrected chi connectivity index (χ4v) is 2.86. The SMILES string of the molecule is CC1CN(C(CN)c2occc2Br)CC1C. The molecular weight excluding hydrogens is 268 g/mol. The molecule has 0 radical (unpaired) electrons. The number of furan rings is 1. The maximum atomic E-state index is 5.88. The summed E-state index contributed by atoms with van der Waals surface area (Å²) < 4.78 is 6.55. The van der Waals surface area contributed by atoms with E-state index in [1.165, 1.54) is 0 Å². The van der Waals surface area contributed by atoms with Crippen LogP contribution in [0.4, 0.5) is 0 Å². The molecule has 16 heavy (non-hydrogen) atoms. The first-order valence-electron chi connectivity index (χ1n) is 5.80. The number of likely N-dealkylation sites (tertiary alicyclic amines) is 1. The second kappa shape index (κ2) is 4.90. The zero-order valence-corrected chi connectivity index (χ0v) is 11.4. The highest BCUT2D eigenvalue weighted by Gasteiger charge is 2.33. The number of nitrogens with two attached hydrogens (primary N) is 1. The van der Waals surface area contributed by atoms with Gasteiger partial charge in [-0.1, -0.05) is 13.8 Å². The van der Waals surface area contributed by atoms with E-state index < -0.39 is 0 Å². The van der Waals surface area contributed by atoms with Crippen LogP contribution >= 0.6 is 15.9 Å². The minimum absolute atomic E-state index is 0.205. The molecule has 0 spiro atoms. The molecule has 2 heterocycles. The summed E-state index contributed by atoms with van der Waals surface area (Å²) in [5.74, 6) is 2.44. The molecule has 0 amide bonds. The lowest BCUT2D eigenvalue weighted by atomic mass is 10.0. The third-order valence-electron chi connectivity index (χ3n) is 3.63. The maximum Gasteiger partial charge on any atom is 0.136 e. The summed E-state index contributed by atoms with van der Waals surface area (Å²) in [5, 5.41) is 0. The van der Waals surface area contributed by atoms with E-state index in [1.54, 1.807) is 6.26 Å². The Morgan fingerprint density at radius 2 is 2.12 bits per heavy atom. The monoisotopic (exact) mass is 286 g/mol. The number of nitrogens with zero attached hydrogens (tertiary/aromatic N) is 1. The predicted molar refractivity (Wildman–Crippen MR) is 68.1 cm³/mol. The van der Waals surface area contributed by atoms with Crippen LogP contribution in [-0.4, -0.2) is 24.5 Å². The molecule has 1 aliphatic heterocycles. The summed E-state index contributed by atoms with van der Waals surface area (Å²) in [5.41, 5.74) is 5.88. The Morgan fingerprint density at radius 1 is 1.50 bits per heavy atom. The van der Waals surface area contributed by atoms with E-state index >= 15 is 0 Å². The normalized spacial score (nSPS) is 28.5. The molecule has 0 saturated carbocycles. The van der Waals surface area contributed by atoms with Gasteiger partial charge in [0.25, 0.3) is 0 Å². The Morgan fingerprint density at radius 3 is 2.56 bits per heavy atom. The van der Waals surface area contributed by atoms with Gasteiger partial charge in [0.15, 0.2) is 0 Å². The van der Waals surface area contributed by atoms with Crippen molar-refractivity contribution in [2.75, 3.05) is 19.6 Å². The summed E-state index contributed by atoms with van der Waals surface area (Å²) in [7, 11) is 0. The van der Waals surface area contributed by atoms with Crippen molar-refractivity contribution in [3.63, 3.8) is 0 Å². The predicted octanol–water partition coefficient (Wildman–Crippen LogP) is 2.63. The largest absolute Gasteiger partial charge is 0.466 e. The molecule has 1 aliphatic rings. The molecule has 0 aromatic carbocycles. The molecule has 4 heteroatoms. The Balaban J connectivity index is 2.15. The molecule has 3 unspecified atom stereocenters. The van der Waals surface area contributed by atoms with Gasteiger partial charge in [0, 0.05) is 19.6 Å². The van der Waals surface area contributed by atoms with Crippen molar-refractivity contribution in [3.8, 4) is 0 Å². The smallest absolute Gasteiger partial charge is 0.136 e. The average Bonchev–Trinajstić information content (AvgIpc) is 2.78. The van der Waals surface area contributed by atoms with Crippen LogP contribution in [-0.2, 0) is 0 Å². The Hall–Kier alpha value is -0.320. The fourth-order valence-electron chi connectivity index (χ4n) is 2.39. The first kappa shape index (κ1) is 12.1. The molecule has 1 aromatic heterocycles. The van der Waals surface area contributed by atoms with Crippen LogP contribution in [0, 0.1) is 11.8 Å². The highest BCUT2D eigenvalue weighted by molar-refractivity contribution is 9.10. The molecule has 0 bridgehead atoms. The number of halogens is 1. The lowest BCUT2D eigenvalue weighted by Crippen LogP contribution is -2.32. The fraction of sp³-hybridized carbons (Fsp3) is 0.667. The molecule has 90 valence electrons. The van der Waals surface area contributed by atoms with Gasteiger partial charge >= 0.3 is 0 Å². The molecule has 1 aromatic rings. The van der Waals surface area contributed by atoms with Gasteiger partial charge in [-0.2, -0.15) is 0 Å². The van der Waals surface area contributed by atoms with Crippen LogP contribution in [0.25, 0.3) is 0 Å². The van der Waals surface area contributed by atoms with E-state index in [2.05, 4.69) is 34.7 Å². The van der Waals surface area contributed by atoms with Crippen LogP contribution in [0.15, 0.2) is 21.2 Å². The highest BCUT2D eigenvalue weighted by atomic mass is 79.9. The average molecular weight is 287 g/mol. The molecule has 2 rings (SSSR count). The Bertz CT molecular complexity index is 343. The van der Waals surface area contributed by atoms with Crippen molar-refractivity contribution in [1.29, 1.82) is 0 Å². The molecule has 3 atom stereocenters. The van der Waals surface area contributed by atoms with Gasteiger partial charge in [0.05, 0.1) is 16.8 Å². The van der Waals surface area contributed by atoms with Gasteiger partial charge in [-0.05, 0) is 33.8 Å². The number of hydrogen-bond acceptors (Lipinski definition) is 3. The quantitative estimate of drug-likeness (QED) is 0.929. The standard InChI is InChI=1S/C12H19BrN2O/c1-8-6-15(7-9(8)2)11(5-14)12-10(13)3-4-16-12/h3-4,8-9,11H,5-7,14H2,1-2H3. The van der Waals surface area contributed by atoms with Crippen molar-refractivity contribution in [1.82, 2.24) is 4.90 Å². The summed E-state index contributed by atoms with van der Waals surface area (Å²) in [6, 6.07) is 2.14. The summed E-state index contributed by atoms with van der Waals surface area (Å²) in [6.07, 6.45) is 1.71. The van der Waals surface area contributed by atoms with Crippen LogP contribution in [0.1, 0.15) is 25.6 Å². The summed E-state index contributed by atoms with van der Waals surface area (Å²) in [4.78, 5) is 2.43. The van der Waals surface area contributed by atoms with Gasteiger partial charge in [0.2, 0.25) is 0 Å². The van der Waals surface area contributed by atoms with E-state index in [0.29, 0.717) is 6.54 Å². The maximum absolute atomic E-state index is 5.88. The third kappa shape index (κ3) is 2.19. The minimum atomic E-state index is 0.205. The molecule has 2 N–H and O–H groups in total. The Labute approximate surface area is 105 Å². The second-order valence-corrected chi connectivity index (χ2v) is 5.65. The van der Waals surface area contributed by atoms with E-state index in [9.17, 15) is 0 Å². The van der Waals surface area contributed by atoms with Crippen molar-refractivity contribution >= 4 is 15.9 Å². The highest BCUT2D eigenvalue weighted by Crippen LogP contribution is 2.33. The van der Waals surface area contributed by atoms with Gasteiger partial charge < -0.3 is 10.2 Å². The molecule has 3 nitrogen and oxygen atoms in total. The zero-order valence-electron chi connectivity index (χ0n) is 9.82. The van der Waals surface area contributed by atoms with E-state index in [4.69, 9.17) is 10.2 Å². The van der Waals surface area contributed by atoms with Crippen molar-refractivity contribution in [3.05, 3.63) is 22.6 Å². The van der Waals surface area contributed by atoms with Crippen LogP contribution in [0.2, 0.25) is 0 Å². The topological polar surface area (TPSA) is 42.4 Å². The number of rotatable bonds is 3. The van der Waals surface area contributed by atoms with E-state index in [0.717, 1.165) is 35.2 Å². The second-order valence-electron chi connectivity index (χ2n) is 4.79. The molecule has 1 fully saturated rings. The lowest BCUT2D eigenvalue weighted by molar-refractivity contribution is 0.210. The third-order valence-corrected chi connectivity index (χ3v) is 4.28. The minimum Gasteiger partial charge on any atom is -0.466 e. The van der Waals surface area contributed by atoms with Gasteiger partial charge in [-0.15, -0.1) is 0 Å². The zero-order chi connectivity index (χ0) is 11.7. The van der Waals surface area contributed by atoms with Gasteiger partial charge in [0.1, 0.15) is 5.76 Å². The van der Waals surface area contributed by atoms with Gasteiger partial charge in [-0.3, -0.25) is 4.90 Å². The van der Waals surface area contributed by atoms with Crippen LogP contribution in [0.3, 0.4) is 0 Å². The van der Waals surface area contributed by atoms with Crippen LogP contribution in [0.5, 0.6) is 0 Å². The first-order valence-corrected chi connectivity index (χ1v) is 6.59. The Kier molecular flexibility index (Phi) is 3.72. The molecular formula is C12H19BrN2O. The molecule has 1 saturated heterocycles. The van der Waals surface area contributed by atoms with E-state index in [1.807, 2.05) is 6.07 Å². The van der Waals surface area contributed by atoms with E-state index in [-0.39, 0.29) is 6.04 Å². The van der Waals surface area contributed by atoms with Gasteiger partial charge in [-0.25, -0.2) is 0 Å². The van der Waals surface area contributed by atoms with Crippen molar-refractivity contribution in [2.45, 2.75) is 19.9 Å². The van der Waals surface area contributed by atoms with Crippen molar-refractivity contribution < 1.29 is 4.42 Å². The molecule has 0 aliphatic carbocycles.